The summed E-state index contributed by atoms with van der Waals surface area (Å²) < 4.78 is 45.6. The number of rotatable bonds is 8. The molecule has 44 heavy (non-hydrogen) atoms. The fraction of sp³-hybridized carbons (Fsp3) is 0.303. The van der Waals surface area contributed by atoms with Crippen LogP contribution in [0.2, 0.25) is 0 Å². The molecule has 0 unspecified atom stereocenters. The van der Waals surface area contributed by atoms with Crippen molar-refractivity contribution in [2.24, 2.45) is 0 Å². The molecule has 8 nitrogen and oxygen atoms in total. The Hall–Kier alpha value is -4.82. The summed E-state index contributed by atoms with van der Waals surface area (Å²) in [5.74, 6) is -0.385. The van der Waals surface area contributed by atoms with Gasteiger partial charge in [-0.15, -0.1) is 13.2 Å². The number of aromatic nitrogens is 2. The van der Waals surface area contributed by atoms with E-state index in [4.69, 9.17) is 6.57 Å². The summed E-state index contributed by atoms with van der Waals surface area (Å²) in [6.45, 7) is 10.1. The number of carbonyl (C=O) groups is 1. The smallest absolute Gasteiger partial charge is 0.405 e. The Kier molecular flexibility index (Phi) is 8.01. The van der Waals surface area contributed by atoms with Crippen LogP contribution in [0.1, 0.15) is 29.7 Å². The third-order valence-corrected chi connectivity index (χ3v) is 8.43. The van der Waals surface area contributed by atoms with E-state index < -0.39 is 11.9 Å². The van der Waals surface area contributed by atoms with Crippen LogP contribution >= 0.6 is 0 Å². The van der Waals surface area contributed by atoms with Crippen LogP contribution < -0.4 is 9.64 Å². The lowest BCUT2D eigenvalue weighted by Crippen LogP contribution is -2.56. The Morgan fingerprint density at radius 3 is 2.32 bits per heavy atom. The average molecular weight is 601 g/mol. The first-order valence-electron chi connectivity index (χ1n) is 14.4. The van der Waals surface area contributed by atoms with E-state index in [1.54, 1.807) is 23.4 Å². The van der Waals surface area contributed by atoms with Crippen molar-refractivity contribution in [2.45, 2.75) is 44.4 Å². The molecule has 3 aromatic carbocycles. The summed E-state index contributed by atoms with van der Waals surface area (Å²) in [6.07, 6.45) is -0.0154. The monoisotopic (exact) mass is 600 g/mol. The standard InChI is InChI=1S/C33H31F3N6O2/c1-37-27-13-11-25(12-14-27)20-40-23-38-19-29(40)22-39-17-15-32(16-18-39)31(43)41(24-42(32)28-8-3-2-4-9-28)21-26-7-5-6-10-30(26)44-33(34,35)36/h2-14,19,23H,15-18,20-22,24H2. The van der Waals surface area contributed by atoms with Crippen molar-refractivity contribution in [3.8, 4) is 5.75 Å². The van der Waals surface area contributed by atoms with Gasteiger partial charge in [0.1, 0.15) is 11.3 Å². The summed E-state index contributed by atoms with van der Waals surface area (Å²) in [4.78, 5) is 28.0. The highest BCUT2D eigenvalue weighted by Gasteiger charge is 2.53. The fourth-order valence-electron chi connectivity index (χ4n) is 6.19. The molecular formula is C33H31F3N6O2. The highest BCUT2D eigenvalue weighted by molar-refractivity contribution is 5.93. The predicted octanol–water partition coefficient (Wildman–Crippen LogP) is 6.22. The molecule has 0 N–H and O–H groups in total. The van der Waals surface area contributed by atoms with Gasteiger partial charge in [0.05, 0.1) is 31.8 Å². The Labute approximate surface area is 253 Å². The number of imidazole rings is 1. The molecule has 0 bridgehead atoms. The van der Waals surface area contributed by atoms with E-state index in [2.05, 4.69) is 28.9 Å². The zero-order valence-electron chi connectivity index (χ0n) is 24.0. The molecule has 4 aromatic rings. The second kappa shape index (κ2) is 12.1. The first-order valence-corrected chi connectivity index (χ1v) is 14.4. The van der Waals surface area contributed by atoms with Crippen molar-refractivity contribution in [3.63, 3.8) is 0 Å². The van der Waals surface area contributed by atoms with E-state index in [0.29, 0.717) is 50.3 Å². The molecule has 2 saturated heterocycles. The number of carbonyl (C=O) groups excluding carboxylic acids is 1. The fourth-order valence-corrected chi connectivity index (χ4v) is 6.19. The van der Waals surface area contributed by atoms with Crippen LogP contribution in [-0.4, -0.2) is 56.9 Å². The number of benzene rings is 3. The lowest BCUT2D eigenvalue weighted by Gasteiger charge is -2.43. The SMILES string of the molecule is [C-]#[N+]c1ccc(Cn2cncc2CN2CCC3(CC2)C(=O)N(Cc2ccccc2OC(F)(F)F)CN3c2ccccc2)cc1. The van der Waals surface area contributed by atoms with Crippen LogP contribution in [0, 0.1) is 6.57 Å². The maximum Gasteiger partial charge on any atom is 0.573 e. The molecule has 11 heteroatoms. The lowest BCUT2D eigenvalue weighted by molar-refractivity contribution is -0.275. The number of hydrogen-bond donors (Lipinski definition) is 0. The Morgan fingerprint density at radius 1 is 0.909 bits per heavy atom. The van der Waals surface area contributed by atoms with E-state index in [0.717, 1.165) is 16.9 Å². The van der Waals surface area contributed by atoms with Crippen LogP contribution in [-0.2, 0) is 24.4 Å². The van der Waals surface area contributed by atoms with E-state index in [-0.39, 0.29) is 24.9 Å². The van der Waals surface area contributed by atoms with E-state index in [9.17, 15) is 18.0 Å². The molecule has 0 saturated carbocycles. The van der Waals surface area contributed by atoms with Crippen molar-refractivity contribution in [2.75, 3.05) is 24.7 Å². The number of likely N-dealkylation sites (tertiary alicyclic amines) is 1. The summed E-state index contributed by atoms with van der Waals surface area (Å²) in [5.41, 5.74) is 3.13. The Bertz CT molecular complexity index is 1640. The molecule has 0 radical (unpaired) electrons. The van der Waals surface area contributed by atoms with Gasteiger partial charge in [0, 0.05) is 43.6 Å². The topological polar surface area (TPSA) is 58.2 Å². The summed E-state index contributed by atoms with van der Waals surface area (Å²) >= 11 is 0. The number of ether oxygens (including phenoxy) is 1. The van der Waals surface area contributed by atoms with Gasteiger partial charge in [0.2, 0.25) is 5.91 Å². The predicted molar refractivity (Wildman–Crippen MR) is 159 cm³/mol. The van der Waals surface area contributed by atoms with Gasteiger partial charge in [-0.05, 0) is 36.6 Å². The molecule has 2 aliphatic rings. The minimum absolute atomic E-state index is 0.00986. The molecule has 1 aromatic heterocycles. The van der Waals surface area contributed by atoms with Crippen LogP contribution in [0.25, 0.3) is 4.85 Å². The molecule has 226 valence electrons. The maximum atomic E-state index is 14.2. The minimum Gasteiger partial charge on any atom is -0.405 e. The number of hydrogen-bond acceptors (Lipinski definition) is 5. The van der Waals surface area contributed by atoms with Crippen LogP contribution in [0.4, 0.5) is 24.5 Å². The van der Waals surface area contributed by atoms with E-state index in [1.807, 2.05) is 60.8 Å². The van der Waals surface area contributed by atoms with Crippen LogP contribution in [0.3, 0.4) is 0 Å². The first kappa shape index (κ1) is 29.3. The molecule has 6 rings (SSSR count). The van der Waals surface area contributed by atoms with Crippen LogP contribution in [0.15, 0.2) is 91.4 Å². The van der Waals surface area contributed by atoms with Gasteiger partial charge in [0.25, 0.3) is 0 Å². The maximum absolute atomic E-state index is 14.2. The zero-order valence-corrected chi connectivity index (χ0v) is 24.0. The average Bonchev–Trinajstić information content (AvgIpc) is 3.56. The number of anilines is 1. The normalized spacial score (nSPS) is 16.8. The Morgan fingerprint density at radius 2 is 1.61 bits per heavy atom. The van der Waals surface area contributed by atoms with Gasteiger partial charge in [-0.3, -0.25) is 9.69 Å². The van der Waals surface area contributed by atoms with Crippen LogP contribution in [0.5, 0.6) is 5.75 Å². The highest BCUT2D eigenvalue weighted by Crippen LogP contribution is 2.41. The number of alkyl halides is 3. The third kappa shape index (κ3) is 6.12. The number of nitrogens with zero attached hydrogens (tertiary/aromatic N) is 6. The summed E-state index contributed by atoms with van der Waals surface area (Å²) in [5, 5.41) is 0. The number of para-hydroxylation sites is 2. The van der Waals surface area contributed by atoms with Gasteiger partial charge < -0.3 is 19.1 Å². The molecule has 2 aliphatic heterocycles. The molecular weight excluding hydrogens is 569 g/mol. The molecule has 0 aliphatic carbocycles. The largest absolute Gasteiger partial charge is 0.573 e. The van der Waals surface area contributed by atoms with Crippen molar-refractivity contribution >= 4 is 17.3 Å². The number of halogens is 3. The number of piperidine rings is 1. The van der Waals surface area contributed by atoms with Crippen molar-refractivity contribution in [1.29, 1.82) is 0 Å². The van der Waals surface area contributed by atoms with Gasteiger partial charge in [-0.2, -0.15) is 0 Å². The van der Waals surface area contributed by atoms with Crippen molar-refractivity contribution < 1.29 is 22.7 Å². The molecule has 3 heterocycles. The van der Waals surface area contributed by atoms with Gasteiger partial charge in [0.15, 0.2) is 5.69 Å². The summed E-state index contributed by atoms with van der Waals surface area (Å²) in [7, 11) is 0. The number of amides is 1. The van der Waals surface area contributed by atoms with Crippen molar-refractivity contribution in [3.05, 3.63) is 120 Å². The minimum atomic E-state index is -4.83. The quantitative estimate of drug-likeness (QED) is 0.225. The van der Waals surface area contributed by atoms with Gasteiger partial charge in [-0.1, -0.05) is 60.7 Å². The third-order valence-electron chi connectivity index (χ3n) is 8.43. The second-order valence-electron chi connectivity index (χ2n) is 11.2. The van der Waals surface area contributed by atoms with Gasteiger partial charge >= 0.3 is 6.36 Å². The summed E-state index contributed by atoms with van der Waals surface area (Å²) in [6, 6.07) is 23.2. The first-order chi connectivity index (χ1) is 21.2. The highest BCUT2D eigenvalue weighted by atomic mass is 19.4. The van der Waals surface area contributed by atoms with E-state index >= 15 is 0 Å². The lowest BCUT2D eigenvalue weighted by atomic mass is 9.85. The second-order valence-corrected chi connectivity index (χ2v) is 11.2. The molecule has 1 amide bonds. The zero-order chi connectivity index (χ0) is 30.7. The van der Waals surface area contributed by atoms with Crippen molar-refractivity contribution in [1.82, 2.24) is 19.4 Å². The van der Waals surface area contributed by atoms with E-state index in [1.165, 1.54) is 12.1 Å². The molecule has 0 atom stereocenters. The molecule has 2 fully saturated rings. The Balaban J connectivity index is 1.18. The van der Waals surface area contributed by atoms with Gasteiger partial charge in [-0.25, -0.2) is 9.83 Å². The molecule has 1 spiro atoms.